The number of anilines is 1. The summed E-state index contributed by atoms with van der Waals surface area (Å²) >= 11 is 1.43. The van der Waals surface area contributed by atoms with Gasteiger partial charge in [0.15, 0.2) is 0 Å². The van der Waals surface area contributed by atoms with Gasteiger partial charge in [-0.05, 0) is 19.8 Å². The molecule has 0 aromatic carbocycles. The molecule has 2 aromatic heterocycles. The monoisotopic (exact) mass is 322 g/mol. The van der Waals surface area contributed by atoms with Gasteiger partial charge in [-0.15, -0.1) is 10.2 Å². The summed E-state index contributed by atoms with van der Waals surface area (Å²) in [4.78, 5) is 15.9. The highest BCUT2D eigenvalue weighted by atomic mass is 32.1. The van der Waals surface area contributed by atoms with Crippen LogP contribution in [0.4, 0.5) is 9.93 Å². The number of carbonyl (C=O) groups is 1. The van der Waals surface area contributed by atoms with Crippen LogP contribution in [0.25, 0.3) is 0 Å². The number of hydrogen-bond acceptors (Lipinski definition) is 5. The van der Waals surface area contributed by atoms with Crippen molar-refractivity contribution in [3.8, 4) is 0 Å². The second kappa shape index (κ2) is 8.47. The molecule has 0 aliphatic heterocycles. The molecule has 0 saturated carbocycles. The molecule has 2 rings (SSSR count). The van der Waals surface area contributed by atoms with Gasteiger partial charge in [-0.3, -0.25) is 5.32 Å². The minimum absolute atomic E-state index is 0.236. The van der Waals surface area contributed by atoms with Crippen molar-refractivity contribution < 1.29 is 4.79 Å². The molecule has 22 heavy (non-hydrogen) atoms. The highest BCUT2D eigenvalue weighted by Gasteiger charge is 2.07. The van der Waals surface area contributed by atoms with Crippen LogP contribution >= 0.6 is 11.3 Å². The van der Waals surface area contributed by atoms with E-state index < -0.39 is 0 Å². The molecule has 120 valence electrons. The van der Waals surface area contributed by atoms with Gasteiger partial charge in [0.25, 0.3) is 0 Å². The molecule has 2 N–H and O–H groups in total. The zero-order chi connectivity index (χ0) is 15.8. The molecule has 8 heteroatoms. The Morgan fingerprint density at radius 2 is 2.23 bits per heavy atom. The summed E-state index contributed by atoms with van der Waals surface area (Å²) in [6, 6.07) is -0.236. The van der Waals surface area contributed by atoms with Crippen LogP contribution in [0.5, 0.6) is 0 Å². The van der Waals surface area contributed by atoms with Gasteiger partial charge in [0.2, 0.25) is 5.13 Å². The lowest BCUT2D eigenvalue weighted by atomic mass is 10.3. The number of amides is 2. The van der Waals surface area contributed by atoms with Crippen LogP contribution < -0.4 is 10.6 Å². The Morgan fingerprint density at radius 3 is 2.95 bits per heavy atom. The third-order valence-corrected chi connectivity index (χ3v) is 4.11. The first-order chi connectivity index (χ1) is 10.7. The van der Waals surface area contributed by atoms with Crippen molar-refractivity contribution in [2.45, 2.75) is 46.1 Å². The largest absolute Gasteiger partial charge is 0.338 e. The molecule has 0 bridgehead atoms. The maximum Gasteiger partial charge on any atom is 0.321 e. The first-order valence-corrected chi connectivity index (χ1v) is 8.35. The first-order valence-electron chi connectivity index (χ1n) is 7.54. The molecule has 0 unspecified atom stereocenters. The van der Waals surface area contributed by atoms with E-state index in [-0.39, 0.29) is 6.03 Å². The Balaban J connectivity index is 1.65. The molecular formula is C14H22N6OS. The van der Waals surface area contributed by atoms with Crippen molar-refractivity contribution in [3.63, 3.8) is 0 Å². The molecule has 2 heterocycles. The summed E-state index contributed by atoms with van der Waals surface area (Å²) in [6.07, 6.45) is 7.70. The molecule has 0 aliphatic rings. The Hall–Kier alpha value is -1.96. The third-order valence-electron chi connectivity index (χ3n) is 3.22. The minimum Gasteiger partial charge on any atom is -0.338 e. The van der Waals surface area contributed by atoms with Gasteiger partial charge in [-0.25, -0.2) is 9.78 Å². The molecule has 2 amide bonds. The van der Waals surface area contributed by atoms with Crippen LogP contribution in [0.2, 0.25) is 0 Å². The molecule has 0 spiro atoms. The van der Waals surface area contributed by atoms with Crippen LogP contribution in [0.1, 0.15) is 37.0 Å². The fourth-order valence-electron chi connectivity index (χ4n) is 1.97. The highest BCUT2D eigenvalue weighted by Crippen LogP contribution is 2.16. The Morgan fingerprint density at radius 1 is 1.36 bits per heavy atom. The maximum absolute atomic E-state index is 11.8. The lowest BCUT2D eigenvalue weighted by molar-refractivity contribution is 0.252. The number of imidazole rings is 1. The minimum atomic E-state index is -0.236. The lowest BCUT2D eigenvalue weighted by Gasteiger charge is -2.06. The zero-order valence-corrected chi connectivity index (χ0v) is 13.8. The summed E-state index contributed by atoms with van der Waals surface area (Å²) < 4.78 is 2.06. The van der Waals surface area contributed by atoms with Gasteiger partial charge in [-0.2, -0.15) is 0 Å². The molecular weight excluding hydrogens is 300 g/mol. The molecule has 0 aliphatic carbocycles. The van der Waals surface area contributed by atoms with Crippen molar-refractivity contribution in [2.75, 3.05) is 11.9 Å². The third kappa shape index (κ3) is 5.10. The van der Waals surface area contributed by atoms with E-state index in [0.29, 0.717) is 11.7 Å². The van der Waals surface area contributed by atoms with Crippen molar-refractivity contribution in [1.29, 1.82) is 0 Å². The average Bonchev–Trinajstić information content (AvgIpc) is 3.11. The first kappa shape index (κ1) is 16.4. The number of urea groups is 1. The number of unbranched alkanes of at least 4 members (excludes halogenated alkanes) is 1. The normalized spacial score (nSPS) is 10.6. The van der Waals surface area contributed by atoms with E-state index in [9.17, 15) is 4.79 Å². The van der Waals surface area contributed by atoms with E-state index >= 15 is 0 Å². The van der Waals surface area contributed by atoms with Crippen LogP contribution in [-0.4, -0.2) is 32.3 Å². The van der Waals surface area contributed by atoms with Crippen LogP contribution in [-0.2, 0) is 13.0 Å². The van der Waals surface area contributed by atoms with Crippen LogP contribution in [0.15, 0.2) is 12.4 Å². The van der Waals surface area contributed by atoms with Crippen molar-refractivity contribution in [3.05, 3.63) is 23.2 Å². The van der Waals surface area contributed by atoms with Gasteiger partial charge in [0, 0.05) is 31.9 Å². The van der Waals surface area contributed by atoms with E-state index in [1.165, 1.54) is 11.3 Å². The summed E-state index contributed by atoms with van der Waals surface area (Å²) in [5, 5.41) is 15.1. The quantitative estimate of drug-likeness (QED) is 0.732. The topological polar surface area (TPSA) is 84.7 Å². The van der Waals surface area contributed by atoms with Crippen LogP contribution in [0, 0.1) is 6.92 Å². The van der Waals surface area contributed by atoms with Gasteiger partial charge >= 0.3 is 6.03 Å². The van der Waals surface area contributed by atoms with Gasteiger partial charge in [0.1, 0.15) is 10.8 Å². The Bertz CT molecular complexity index is 594. The number of carbonyl (C=O) groups excluding carboxylic acids is 1. The van der Waals surface area contributed by atoms with Gasteiger partial charge in [0.05, 0.1) is 0 Å². The molecule has 0 saturated heterocycles. The maximum atomic E-state index is 11.8. The molecule has 0 radical (unpaired) electrons. The lowest BCUT2D eigenvalue weighted by Crippen LogP contribution is -2.30. The number of nitrogens with zero attached hydrogens (tertiary/aromatic N) is 4. The second-order valence-corrected chi connectivity index (χ2v) is 6.07. The summed E-state index contributed by atoms with van der Waals surface area (Å²) in [5.41, 5.74) is 0. The van der Waals surface area contributed by atoms with Crippen molar-refractivity contribution in [2.24, 2.45) is 0 Å². The molecule has 0 atom stereocenters. The predicted molar refractivity (Wildman–Crippen MR) is 87.1 cm³/mol. The zero-order valence-electron chi connectivity index (χ0n) is 13.0. The average molecular weight is 322 g/mol. The van der Waals surface area contributed by atoms with Crippen molar-refractivity contribution in [1.82, 2.24) is 25.1 Å². The molecule has 7 nitrogen and oxygen atoms in total. The second-order valence-electron chi connectivity index (χ2n) is 5.01. The smallest absolute Gasteiger partial charge is 0.321 e. The van der Waals surface area contributed by atoms with Gasteiger partial charge < -0.3 is 9.88 Å². The number of aryl methyl sites for hydroxylation is 3. The molecule has 2 aromatic rings. The van der Waals surface area contributed by atoms with E-state index in [1.54, 1.807) is 6.20 Å². The number of nitrogens with one attached hydrogen (secondary N) is 2. The fraction of sp³-hybridized carbons (Fsp3) is 0.571. The SMILES string of the molecule is CCCCc1nnc(NC(=O)NCCCn2ccnc2C)s1. The summed E-state index contributed by atoms with van der Waals surface area (Å²) in [5.74, 6) is 0.984. The Labute approximate surface area is 134 Å². The number of rotatable bonds is 8. The predicted octanol–water partition coefficient (Wildman–Crippen LogP) is 2.60. The van der Waals surface area contributed by atoms with E-state index in [4.69, 9.17) is 0 Å². The molecule has 0 fully saturated rings. The van der Waals surface area contributed by atoms with E-state index in [0.717, 1.165) is 43.1 Å². The van der Waals surface area contributed by atoms with Gasteiger partial charge in [-0.1, -0.05) is 24.7 Å². The summed E-state index contributed by atoms with van der Waals surface area (Å²) in [7, 11) is 0. The number of aromatic nitrogens is 4. The summed E-state index contributed by atoms with van der Waals surface area (Å²) in [6.45, 7) is 5.54. The van der Waals surface area contributed by atoms with Crippen molar-refractivity contribution >= 4 is 22.5 Å². The van der Waals surface area contributed by atoms with Crippen LogP contribution in [0.3, 0.4) is 0 Å². The standard InChI is InChI=1S/C14H22N6OS/c1-3-4-6-12-18-19-14(22-12)17-13(21)16-7-5-9-20-10-8-15-11(20)2/h8,10H,3-7,9H2,1-2H3,(H2,16,17,19,21). The fourth-order valence-corrected chi connectivity index (χ4v) is 2.74. The van der Waals surface area contributed by atoms with E-state index in [1.807, 2.05) is 13.1 Å². The highest BCUT2D eigenvalue weighted by molar-refractivity contribution is 7.15. The van der Waals surface area contributed by atoms with E-state index in [2.05, 4.69) is 37.3 Å². The number of hydrogen-bond donors (Lipinski definition) is 2. The Kier molecular flexibility index (Phi) is 6.32.